The highest BCUT2D eigenvalue weighted by Crippen LogP contribution is 2.35. The van der Waals surface area contributed by atoms with Crippen molar-refractivity contribution in [3.05, 3.63) is 29.3 Å². The summed E-state index contributed by atoms with van der Waals surface area (Å²) in [4.78, 5) is 13.0. The van der Waals surface area contributed by atoms with E-state index in [0.717, 1.165) is 12.1 Å². The Hall–Kier alpha value is -2.03. The van der Waals surface area contributed by atoms with Crippen molar-refractivity contribution in [2.45, 2.75) is 19.5 Å². The number of amides is 1. The summed E-state index contributed by atoms with van der Waals surface area (Å²) in [5, 5.41) is 8.79. The zero-order valence-corrected chi connectivity index (χ0v) is 10.2. The minimum Gasteiger partial charge on any atom is -0.311 e. The number of nitriles is 1. The first-order valence-electron chi connectivity index (χ1n) is 5.70. The molecule has 19 heavy (non-hydrogen) atoms. The third-order valence-electron chi connectivity index (χ3n) is 3.13. The highest BCUT2D eigenvalue weighted by atomic mass is 19.4. The topological polar surface area (TPSA) is 44.1 Å². The maximum absolute atomic E-state index is 12.7. The molecule has 1 aliphatic rings. The van der Waals surface area contributed by atoms with Crippen LogP contribution in [0.4, 0.5) is 18.9 Å². The number of hydrogen-bond donors (Lipinski definition) is 0. The van der Waals surface area contributed by atoms with Crippen LogP contribution in [0.2, 0.25) is 0 Å². The number of aryl methyl sites for hydroxylation is 1. The quantitative estimate of drug-likeness (QED) is 0.786. The van der Waals surface area contributed by atoms with Crippen molar-refractivity contribution >= 4 is 11.6 Å². The van der Waals surface area contributed by atoms with Crippen LogP contribution in [0, 0.1) is 24.2 Å². The van der Waals surface area contributed by atoms with E-state index in [-0.39, 0.29) is 24.6 Å². The van der Waals surface area contributed by atoms with Gasteiger partial charge in [-0.05, 0) is 24.6 Å². The average molecular weight is 268 g/mol. The lowest BCUT2D eigenvalue weighted by Crippen LogP contribution is -2.25. The molecule has 0 saturated carbocycles. The van der Waals surface area contributed by atoms with Crippen LogP contribution in [-0.4, -0.2) is 12.5 Å². The fourth-order valence-electron chi connectivity index (χ4n) is 2.10. The van der Waals surface area contributed by atoms with Crippen LogP contribution in [0.3, 0.4) is 0 Å². The van der Waals surface area contributed by atoms with E-state index in [4.69, 9.17) is 5.26 Å². The molecule has 0 aliphatic carbocycles. The number of carbonyl (C=O) groups is 1. The molecule has 1 saturated heterocycles. The van der Waals surface area contributed by atoms with Crippen molar-refractivity contribution in [3.63, 3.8) is 0 Å². The van der Waals surface area contributed by atoms with E-state index in [2.05, 4.69) is 0 Å². The lowest BCUT2D eigenvalue weighted by atomic mass is 10.1. The Morgan fingerprint density at radius 3 is 2.63 bits per heavy atom. The SMILES string of the molecule is Cc1ccc(C(F)(F)F)cc1N1CC(C#N)CC1=O. The monoisotopic (exact) mass is 268 g/mol. The third kappa shape index (κ3) is 2.55. The van der Waals surface area contributed by atoms with Gasteiger partial charge in [0.15, 0.2) is 0 Å². The zero-order valence-electron chi connectivity index (χ0n) is 10.2. The number of nitrogens with zero attached hydrogens (tertiary/aromatic N) is 2. The summed E-state index contributed by atoms with van der Waals surface area (Å²) in [5.74, 6) is -0.768. The van der Waals surface area contributed by atoms with E-state index in [1.54, 1.807) is 6.92 Å². The molecule has 6 heteroatoms. The predicted molar refractivity (Wildman–Crippen MR) is 62.3 cm³/mol. The zero-order chi connectivity index (χ0) is 14.2. The summed E-state index contributed by atoms with van der Waals surface area (Å²) in [6.07, 6.45) is -4.38. The number of benzene rings is 1. The van der Waals surface area contributed by atoms with Crippen LogP contribution in [0.5, 0.6) is 0 Å². The molecule has 1 unspecified atom stereocenters. The molecule has 2 rings (SSSR count). The van der Waals surface area contributed by atoms with Crippen LogP contribution in [0.25, 0.3) is 0 Å². The van der Waals surface area contributed by atoms with Gasteiger partial charge in [-0.3, -0.25) is 4.79 Å². The summed E-state index contributed by atoms with van der Waals surface area (Å²) in [6.45, 7) is 1.79. The van der Waals surface area contributed by atoms with Crippen molar-refractivity contribution in [1.29, 1.82) is 5.26 Å². The third-order valence-corrected chi connectivity index (χ3v) is 3.13. The van der Waals surface area contributed by atoms with E-state index in [9.17, 15) is 18.0 Å². The summed E-state index contributed by atoms with van der Waals surface area (Å²) in [5.41, 5.74) is 0.0267. The Morgan fingerprint density at radius 2 is 2.11 bits per heavy atom. The van der Waals surface area contributed by atoms with E-state index in [1.165, 1.54) is 11.0 Å². The average Bonchev–Trinajstić information content (AvgIpc) is 2.69. The number of alkyl halides is 3. The summed E-state index contributed by atoms with van der Waals surface area (Å²) < 4.78 is 38.0. The van der Waals surface area contributed by atoms with Gasteiger partial charge in [0, 0.05) is 18.7 Å². The molecule has 1 aromatic carbocycles. The van der Waals surface area contributed by atoms with Gasteiger partial charge in [-0.1, -0.05) is 6.07 Å². The first-order chi connectivity index (χ1) is 8.82. The van der Waals surface area contributed by atoms with Gasteiger partial charge in [0.05, 0.1) is 17.6 Å². The molecule has 1 amide bonds. The summed E-state index contributed by atoms with van der Waals surface area (Å²) in [7, 11) is 0. The molecule has 1 fully saturated rings. The molecule has 1 aliphatic heterocycles. The molecule has 100 valence electrons. The summed E-state index contributed by atoms with van der Waals surface area (Å²) in [6, 6.07) is 5.26. The second-order valence-electron chi connectivity index (χ2n) is 4.53. The minimum atomic E-state index is -4.44. The van der Waals surface area contributed by atoms with E-state index >= 15 is 0 Å². The first-order valence-corrected chi connectivity index (χ1v) is 5.70. The van der Waals surface area contributed by atoms with Gasteiger partial charge in [-0.25, -0.2) is 0 Å². The van der Waals surface area contributed by atoms with Gasteiger partial charge >= 0.3 is 6.18 Å². The van der Waals surface area contributed by atoms with Crippen molar-refractivity contribution < 1.29 is 18.0 Å². The second kappa shape index (κ2) is 4.57. The van der Waals surface area contributed by atoms with Crippen molar-refractivity contribution in [1.82, 2.24) is 0 Å². The first kappa shape index (κ1) is 13.4. The number of carbonyl (C=O) groups excluding carboxylic acids is 1. The molecule has 1 atom stereocenters. The summed E-state index contributed by atoms with van der Waals surface area (Å²) >= 11 is 0. The van der Waals surface area contributed by atoms with Crippen LogP contribution >= 0.6 is 0 Å². The van der Waals surface area contributed by atoms with Crippen molar-refractivity contribution in [2.75, 3.05) is 11.4 Å². The smallest absolute Gasteiger partial charge is 0.311 e. The predicted octanol–water partition coefficient (Wildman–Crippen LogP) is 2.89. The van der Waals surface area contributed by atoms with E-state index < -0.39 is 17.7 Å². The molecule has 0 spiro atoms. The minimum absolute atomic E-state index is 0.0617. The Balaban J connectivity index is 2.40. The van der Waals surface area contributed by atoms with Crippen molar-refractivity contribution in [3.8, 4) is 6.07 Å². The molecule has 0 aromatic heterocycles. The van der Waals surface area contributed by atoms with Crippen LogP contribution in [0.15, 0.2) is 18.2 Å². The number of halogens is 3. The Bertz CT molecular complexity index is 560. The van der Waals surface area contributed by atoms with Crippen LogP contribution < -0.4 is 4.90 Å². The van der Waals surface area contributed by atoms with Crippen LogP contribution in [0.1, 0.15) is 17.5 Å². The van der Waals surface area contributed by atoms with E-state index in [0.29, 0.717) is 5.56 Å². The standard InChI is InChI=1S/C13H11F3N2O/c1-8-2-3-10(13(14,15)16)5-11(8)18-7-9(6-17)4-12(18)19/h2-3,5,9H,4,7H2,1H3. The maximum Gasteiger partial charge on any atom is 0.416 e. The highest BCUT2D eigenvalue weighted by Gasteiger charge is 2.35. The van der Waals surface area contributed by atoms with Crippen LogP contribution in [-0.2, 0) is 11.0 Å². The van der Waals surface area contributed by atoms with Gasteiger partial charge < -0.3 is 4.90 Å². The second-order valence-corrected chi connectivity index (χ2v) is 4.53. The molecule has 0 radical (unpaired) electrons. The van der Waals surface area contributed by atoms with Crippen molar-refractivity contribution in [2.24, 2.45) is 5.92 Å². The molecule has 1 aromatic rings. The van der Waals surface area contributed by atoms with Gasteiger partial charge in [0.2, 0.25) is 5.91 Å². The molecule has 1 heterocycles. The fourth-order valence-corrected chi connectivity index (χ4v) is 2.10. The highest BCUT2D eigenvalue weighted by molar-refractivity contribution is 5.96. The normalized spacial score (nSPS) is 19.6. The lowest BCUT2D eigenvalue weighted by molar-refractivity contribution is -0.137. The number of anilines is 1. The lowest BCUT2D eigenvalue weighted by Gasteiger charge is -2.20. The Morgan fingerprint density at radius 1 is 1.42 bits per heavy atom. The molecular weight excluding hydrogens is 257 g/mol. The van der Waals surface area contributed by atoms with Gasteiger partial charge in [-0.15, -0.1) is 0 Å². The number of hydrogen-bond acceptors (Lipinski definition) is 2. The molecule has 3 nitrogen and oxygen atoms in total. The molecular formula is C13H11F3N2O. The number of rotatable bonds is 1. The van der Waals surface area contributed by atoms with Gasteiger partial charge in [0.1, 0.15) is 0 Å². The largest absolute Gasteiger partial charge is 0.416 e. The Labute approximate surface area is 108 Å². The Kier molecular flexibility index (Phi) is 3.23. The fraction of sp³-hybridized carbons (Fsp3) is 0.385. The maximum atomic E-state index is 12.7. The van der Waals surface area contributed by atoms with E-state index in [1.807, 2.05) is 6.07 Å². The molecule has 0 N–H and O–H groups in total. The van der Waals surface area contributed by atoms with Gasteiger partial charge in [-0.2, -0.15) is 18.4 Å². The van der Waals surface area contributed by atoms with Gasteiger partial charge in [0.25, 0.3) is 0 Å². The molecule has 0 bridgehead atoms.